The fraction of sp³-hybridized carbons (Fsp3) is 0.662. The highest BCUT2D eigenvalue weighted by Crippen LogP contribution is 2.59. The van der Waals surface area contributed by atoms with Crippen LogP contribution in [-0.2, 0) is 66.7 Å². The number of carbonyl (C=O) groups is 6. The number of fused-ring (bicyclic) bond motifs is 4. The van der Waals surface area contributed by atoms with Gasteiger partial charge in [-0.2, -0.15) is 0 Å². The topological polar surface area (TPSA) is 500 Å². The van der Waals surface area contributed by atoms with E-state index < -0.39 is 239 Å². The highest BCUT2D eigenvalue weighted by atomic mass is 16.7. The molecule has 590 valence electrons. The van der Waals surface area contributed by atoms with E-state index in [9.17, 15) is 91.3 Å². The number of hydrogen-bond acceptors (Lipinski definition) is 30. The highest BCUT2D eigenvalue weighted by molar-refractivity contribution is 5.97. The summed E-state index contributed by atoms with van der Waals surface area (Å²) in [6, 6.07) is 0. The van der Waals surface area contributed by atoms with E-state index in [1.54, 1.807) is 46.8 Å². The molecule has 11 aliphatic rings. The van der Waals surface area contributed by atoms with Crippen LogP contribution in [0.1, 0.15) is 88.0 Å². The standard InChI is InChI=1S/C77H102O30/c1-34-12-10-14-44-20-40(32-100-69-59(90)57(88)55(86)47(30-80)102-69)36(3)21-74(44)61(92)49(65(96)104-74)45(82)15-18-72(8)25-41(28-78)38(5)23-77(72)64(95)52(68(99)107-77)54(85)35(2)13-11-17-71(7)27-43(33-101-70-60(91)58(89)56(87)48(31-81)103-70)39(6)24-75(71)62(93)50(66(97)105-75)46(83)16-19-73(9)26-42(29-79)37(4)22-76(73)63(94)51(53(34)84)67(98)106-76/h10-20,25-29,36-39,44-60,65-70,80-91,96-99H,21-24,30-33H2,1-9H3. The first-order valence-corrected chi connectivity index (χ1v) is 36.3. The Morgan fingerprint density at radius 3 is 1.28 bits per heavy atom. The molecule has 0 aromatic heterocycles. The van der Waals surface area contributed by atoms with Crippen LogP contribution in [0.2, 0.25) is 0 Å². The predicted octanol–water partition coefficient (Wildman–Crippen LogP) is -1.82. The van der Waals surface area contributed by atoms with Gasteiger partial charge in [-0.15, -0.1) is 0 Å². The van der Waals surface area contributed by atoms with Gasteiger partial charge in [0.25, 0.3) is 0 Å². The molecule has 6 fully saturated rings. The number of aliphatic hydroxyl groups is 16. The molecule has 0 aromatic rings. The van der Waals surface area contributed by atoms with E-state index in [0.29, 0.717) is 23.7 Å². The molecular weight excluding hydrogens is 1400 g/mol. The van der Waals surface area contributed by atoms with Crippen molar-refractivity contribution in [3.8, 4) is 0 Å². The van der Waals surface area contributed by atoms with Crippen LogP contribution in [0.25, 0.3) is 0 Å². The van der Waals surface area contributed by atoms with Crippen LogP contribution < -0.4 is 0 Å². The first-order valence-electron chi connectivity index (χ1n) is 36.3. The second kappa shape index (κ2) is 30.9. The Bertz CT molecular complexity index is 3750. The Kier molecular flexibility index (Phi) is 23.8. The van der Waals surface area contributed by atoms with Crippen molar-refractivity contribution in [3.05, 3.63) is 119 Å². The fourth-order valence-electron chi connectivity index (χ4n) is 18.2. The minimum atomic E-state index is -2.10. The zero-order valence-electron chi connectivity index (χ0n) is 60.9. The summed E-state index contributed by atoms with van der Waals surface area (Å²) in [7, 11) is 0. The van der Waals surface area contributed by atoms with Gasteiger partial charge in [0.2, 0.25) is 0 Å². The number of carbonyl (C=O) groups excluding carboxylic acids is 6. The van der Waals surface area contributed by atoms with Crippen LogP contribution in [-0.4, -0.2) is 277 Å². The summed E-state index contributed by atoms with van der Waals surface area (Å²) < 4.78 is 48.6. The molecule has 6 aliphatic heterocycles. The molecule has 16 N–H and O–H groups in total. The van der Waals surface area contributed by atoms with Crippen molar-refractivity contribution < 1.29 is 148 Å². The van der Waals surface area contributed by atoms with Gasteiger partial charge in [-0.05, 0) is 117 Å². The Labute approximate surface area is 617 Å². The molecule has 30 nitrogen and oxygen atoms in total. The van der Waals surface area contributed by atoms with Gasteiger partial charge in [0.15, 0.2) is 60.9 Å². The lowest BCUT2D eigenvalue weighted by Gasteiger charge is -2.47. The largest absolute Gasteiger partial charge is 0.394 e. The average molecular weight is 1510 g/mol. The molecule has 8 bridgehead atoms. The van der Waals surface area contributed by atoms with Crippen LogP contribution in [0, 0.1) is 69.5 Å². The van der Waals surface area contributed by atoms with Crippen molar-refractivity contribution >= 4 is 35.7 Å². The Hall–Kier alpha value is -5.54. The molecule has 34 unspecified atom stereocenters. The zero-order chi connectivity index (χ0) is 78.5. The third-order valence-corrected chi connectivity index (χ3v) is 25.0. The highest BCUT2D eigenvalue weighted by Gasteiger charge is 2.69. The molecular formula is C77H102O30. The van der Waals surface area contributed by atoms with Crippen LogP contribution in [0.3, 0.4) is 0 Å². The summed E-state index contributed by atoms with van der Waals surface area (Å²) in [4.78, 5) is 87.5. The molecule has 0 radical (unpaired) electrons. The van der Waals surface area contributed by atoms with E-state index in [1.165, 1.54) is 88.5 Å². The first-order chi connectivity index (χ1) is 50.2. The number of aliphatic hydroxyl groups excluding tert-OH is 16. The predicted molar refractivity (Wildman–Crippen MR) is 368 cm³/mol. The van der Waals surface area contributed by atoms with E-state index >= 15 is 19.2 Å². The van der Waals surface area contributed by atoms with Crippen molar-refractivity contribution in [2.75, 3.05) is 26.4 Å². The molecule has 34 atom stereocenters. The van der Waals surface area contributed by atoms with E-state index in [4.69, 9.17) is 37.9 Å². The quantitative estimate of drug-likeness (QED) is 0.0846. The number of rotatable bonds is 10. The van der Waals surface area contributed by atoms with Crippen LogP contribution in [0.15, 0.2) is 119 Å². The number of aldehydes is 2. The number of ether oxygens (including phenoxy) is 8. The fourth-order valence-corrected chi connectivity index (χ4v) is 18.2. The lowest BCUT2D eigenvalue weighted by Crippen LogP contribution is -2.59. The van der Waals surface area contributed by atoms with E-state index in [-0.39, 0.29) is 61.2 Å². The van der Waals surface area contributed by atoms with E-state index in [0.717, 1.165) is 12.2 Å². The molecule has 5 aliphatic carbocycles. The molecule has 4 spiro atoms. The van der Waals surface area contributed by atoms with Gasteiger partial charge in [0.05, 0.1) is 50.8 Å². The molecule has 0 amide bonds. The summed E-state index contributed by atoms with van der Waals surface area (Å²) in [5.74, 6) is -14.4. The number of ketones is 4. The van der Waals surface area contributed by atoms with Gasteiger partial charge in [-0.25, -0.2) is 0 Å². The summed E-state index contributed by atoms with van der Waals surface area (Å²) in [6.45, 7) is 11.8. The van der Waals surface area contributed by atoms with E-state index in [1.807, 2.05) is 0 Å². The SMILES string of the molecule is CC1=CC=CC2(C)C=C(COC3OC(CO)C(O)C(O)C3O)C(C)CC23OC(O)C(C3=O)C(O)C=CC2(C)C=C(C=O)C(C)CC23OC(O)C(C3=O)C(O)C(C)=CC=CC2C=C(COC3OC(CO)C(O)C(O)C3O)C(C)CC23OC(O)C(C3=O)C(O)C=CC2(C)C=C(C=O)C(C)CC23OC(O)C(C3=O)C1O. The number of Topliss-reactive ketones (excluding diaryl/α,β-unsaturated/α-hetero) is 4. The normalized spacial score (nSPS) is 49.1. The second-order valence-corrected chi connectivity index (χ2v) is 31.9. The van der Waals surface area contributed by atoms with Crippen LogP contribution >= 0.6 is 0 Å². The third kappa shape index (κ3) is 13.8. The molecule has 107 heavy (non-hydrogen) atoms. The van der Waals surface area contributed by atoms with Crippen LogP contribution in [0.4, 0.5) is 0 Å². The summed E-state index contributed by atoms with van der Waals surface area (Å²) in [5, 5.41) is 181. The van der Waals surface area contributed by atoms with Crippen molar-refractivity contribution in [2.45, 2.75) is 221 Å². The molecule has 30 heteroatoms. The van der Waals surface area contributed by atoms with E-state index in [2.05, 4.69) is 0 Å². The molecule has 6 heterocycles. The Morgan fingerprint density at radius 1 is 0.449 bits per heavy atom. The van der Waals surface area contributed by atoms with Crippen molar-refractivity contribution in [3.63, 3.8) is 0 Å². The molecule has 11 rings (SSSR count). The van der Waals surface area contributed by atoms with Gasteiger partial charge in [-0.3, -0.25) is 28.8 Å². The van der Waals surface area contributed by atoms with Gasteiger partial charge in [0.1, 0.15) is 107 Å². The average Bonchev–Trinajstić information content (AvgIpc) is 1.59. The van der Waals surface area contributed by atoms with Gasteiger partial charge in [-0.1, -0.05) is 113 Å². The van der Waals surface area contributed by atoms with Crippen LogP contribution in [0.5, 0.6) is 0 Å². The smallest absolute Gasteiger partial charge is 0.187 e. The summed E-state index contributed by atoms with van der Waals surface area (Å²) in [5.41, 5.74) is -12.3. The minimum absolute atomic E-state index is 0.0376. The maximum atomic E-state index is 15.6. The maximum Gasteiger partial charge on any atom is 0.187 e. The monoisotopic (exact) mass is 1510 g/mol. The molecule has 0 aromatic carbocycles. The second-order valence-electron chi connectivity index (χ2n) is 31.9. The maximum absolute atomic E-state index is 15.6. The number of allylic oxidation sites excluding steroid dienone is 6. The lowest BCUT2D eigenvalue weighted by molar-refractivity contribution is -0.299. The first kappa shape index (κ1) is 82.4. The van der Waals surface area contributed by atoms with Crippen molar-refractivity contribution in [1.82, 2.24) is 0 Å². The summed E-state index contributed by atoms with van der Waals surface area (Å²) >= 11 is 0. The molecule has 6 saturated heterocycles. The summed E-state index contributed by atoms with van der Waals surface area (Å²) in [6.07, 6.45) is -12.7. The van der Waals surface area contributed by atoms with Gasteiger partial charge in [0, 0.05) is 22.2 Å². The van der Waals surface area contributed by atoms with Gasteiger partial charge < -0.3 is 120 Å². The van der Waals surface area contributed by atoms with Crippen molar-refractivity contribution in [2.24, 2.45) is 69.5 Å². The zero-order valence-corrected chi connectivity index (χ0v) is 60.9. The minimum Gasteiger partial charge on any atom is -0.394 e. The third-order valence-electron chi connectivity index (χ3n) is 25.0. The van der Waals surface area contributed by atoms with Crippen molar-refractivity contribution in [1.29, 1.82) is 0 Å². The lowest BCUT2D eigenvalue weighted by atomic mass is 9.59. The number of hydrogen-bond donors (Lipinski definition) is 16. The Balaban J connectivity index is 1.01. The van der Waals surface area contributed by atoms with Gasteiger partial charge >= 0.3 is 0 Å². The molecule has 0 saturated carbocycles. The Morgan fingerprint density at radius 2 is 0.832 bits per heavy atom.